The zero-order valence-corrected chi connectivity index (χ0v) is 7.69. The van der Waals surface area contributed by atoms with Crippen LogP contribution in [0.25, 0.3) is 0 Å². The molecule has 0 spiro atoms. The second kappa shape index (κ2) is 3.77. The second-order valence-electron chi connectivity index (χ2n) is 3.31. The van der Waals surface area contributed by atoms with Crippen LogP contribution in [0, 0.1) is 0 Å². The number of carbonyl (C=O) groups excluding carboxylic acids is 1. The lowest BCUT2D eigenvalue weighted by molar-refractivity contribution is -0.127. The third-order valence-corrected chi connectivity index (χ3v) is 2.41. The maximum atomic E-state index is 11.5. The Labute approximate surface area is 82.0 Å². The zero-order chi connectivity index (χ0) is 9.97. The van der Waals surface area contributed by atoms with Gasteiger partial charge in [0.15, 0.2) is 6.10 Å². The number of nitrogens with one attached hydrogen (secondary N) is 1. The number of para-hydroxylation sites is 1. The number of anilines is 1. The summed E-state index contributed by atoms with van der Waals surface area (Å²) >= 11 is 0. The number of amides is 1. The number of hydrogen-bond donors (Lipinski definition) is 2. The third-order valence-electron chi connectivity index (χ3n) is 2.41. The highest BCUT2D eigenvalue weighted by Gasteiger charge is 2.23. The minimum atomic E-state index is -0.539. The number of carbonyl (C=O) groups is 1. The highest BCUT2D eigenvalue weighted by molar-refractivity contribution is 5.95. The standard InChI is InChI=1S/C10H12N2O2/c11-14-9-6-5-7-3-1-2-4-8(7)12-10(9)13/h1-4,9H,5-6,11H2,(H,12,13). The van der Waals surface area contributed by atoms with E-state index in [4.69, 9.17) is 5.90 Å². The van der Waals surface area contributed by atoms with Gasteiger partial charge in [-0.2, -0.15) is 0 Å². The van der Waals surface area contributed by atoms with Gasteiger partial charge in [0.25, 0.3) is 5.91 Å². The number of aryl methyl sites for hydroxylation is 1. The van der Waals surface area contributed by atoms with Crippen molar-refractivity contribution < 1.29 is 9.63 Å². The van der Waals surface area contributed by atoms with Crippen molar-refractivity contribution in [3.05, 3.63) is 29.8 Å². The maximum Gasteiger partial charge on any atom is 0.255 e. The molecule has 1 aliphatic rings. The van der Waals surface area contributed by atoms with E-state index in [0.717, 1.165) is 17.7 Å². The van der Waals surface area contributed by atoms with Gasteiger partial charge in [-0.1, -0.05) is 18.2 Å². The van der Waals surface area contributed by atoms with Gasteiger partial charge in [0.05, 0.1) is 0 Å². The summed E-state index contributed by atoms with van der Waals surface area (Å²) in [5.74, 6) is 4.87. The van der Waals surface area contributed by atoms with Crippen LogP contribution in [-0.2, 0) is 16.1 Å². The van der Waals surface area contributed by atoms with Crippen molar-refractivity contribution in [1.82, 2.24) is 0 Å². The Bertz CT molecular complexity index is 352. The van der Waals surface area contributed by atoms with E-state index in [1.807, 2.05) is 24.3 Å². The summed E-state index contributed by atoms with van der Waals surface area (Å²) in [4.78, 5) is 16.1. The number of hydrogen-bond acceptors (Lipinski definition) is 3. The molecular weight excluding hydrogens is 180 g/mol. The van der Waals surface area contributed by atoms with Crippen LogP contribution in [-0.4, -0.2) is 12.0 Å². The summed E-state index contributed by atoms with van der Waals surface area (Å²) in [7, 11) is 0. The van der Waals surface area contributed by atoms with Gasteiger partial charge in [-0.25, -0.2) is 5.90 Å². The van der Waals surface area contributed by atoms with Gasteiger partial charge in [-0.15, -0.1) is 0 Å². The van der Waals surface area contributed by atoms with Crippen LogP contribution in [0.5, 0.6) is 0 Å². The van der Waals surface area contributed by atoms with Crippen LogP contribution >= 0.6 is 0 Å². The summed E-state index contributed by atoms with van der Waals surface area (Å²) < 4.78 is 0. The molecule has 1 aliphatic heterocycles. The molecule has 1 unspecified atom stereocenters. The first-order valence-electron chi connectivity index (χ1n) is 4.55. The molecule has 1 aromatic rings. The average Bonchev–Trinajstić information content (AvgIpc) is 2.36. The Morgan fingerprint density at radius 3 is 3.00 bits per heavy atom. The smallest absolute Gasteiger partial charge is 0.255 e. The zero-order valence-electron chi connectivity index (χ0n) is 7.69. The SMILES string of the molecule is NOC1CCc2ccccc2NC1=O. The van der Waals surface area contributed by atoms with Crippen LogP contribution < -0.4 is 11.2 Å². The average molecular weight is 192 g/mol. The molecule has 4 nitrogen and oxygen atoms in total. The fourth-order valence-electron chi connectivity index (χ4n) is 1.62. The van der Waals surface area contributed by atoms with E-state index in [-0.39, 0.29) is 5.91 Å². The fourth-order valence-corrected chi connectivity index (χ4v) is 1.62. The van der Waals surface area contributed by atoms with Gasteiger partial charge in [0.1, 0.15) is 0 Å². The number of benzene rings is 1. The predicted molar refractivity (Wildman–Crippen MR) is 52.5 cm³/mol. The molecule has 1 aromatic carbocycles. The molecule has 0 radical (unpaired) electrons. The molecule has 0 bridgehead atoms. The summed E-state index contributed by atoms with van der Waals surface area (Å²) in [5, 5.41) is 2.78. The first-order chi connectivity index (χ1) is 6.81. The van der Waals surface area contributed by atoms with Crippen molar-refractivity contribution in [2.45, 2.75) is 18.9 Å². The highest BCUT2D eigenvalue weighted by atomic mass is 16.6. The minimum Gasteiger partial charge on any atom is -0.324 e. The van der Waals surface area contributed by atoms with Crippen molar-refractivity contribution in [3.63, 3.8) is 0 Å². The largest absolute Gasteiger partial charge is 0.324 e. The monoisotopic (exact) mass is 192 g/mol. The second-order valence-corrected chi connectivity index (χ2v) is 3.31. The van der Waals surface area contributed by atoms with Gasteiger partial charge < -0.3 is 5.32 Å². The Morgan fingerprint density at radius 2 is 2.21 bits per heavy atom. The Morgan fingerprint density at radius 1 is 1.43 bits per heavy atom. The summed E-state index contributed by atoms with van der Waals surface area (Å²) in [6.07, 6.45) is 0.887. The van der Waals surface area contributed by atoms with Crippen molar-refractivity contribution in [1.29, 1.82) is 0 Å². The first kappa shape index (κ1) is 9.18. The van der Waals surface area contributed by atoms with Crippen LogP contribution in [0.3, 0.4) is 0 Å². The quantitative estimate of drug-likeness (QED) is 0.648. The van der Waals surface area contributed by atoms with Crippen LogP contribution in [0.4, 0.5) is 5.69 Å². The minimum absolute atomic E-state index is 0.169. The van der Waals surface area contributed by atoms with E-state index >= 15 is 0 Å². The number of nitrogens with two attached hydrogens (primary N) is 1. The van der Waals surface area contributed by atoms with E-state index in [1.54, 1.807) is 0 Å². The molecule has 74 valence electrons. The van der Waals surface area contributed by atoms with E-state index in [0.29, 0.717) is 6.42 Å². The van der Waals surface area contributed by atoms with E-state index in [9.17, 15) is 4.79 Å². The molecule has 14 heavy (non-hydrogen) atoms. The van der Waals surface area contributed by atoms with Crippen molar-refractivity contribution in [2.75, 3.05) is 5.32 Å². The molecule has 0 fully saturated rings. The van der Waals surface area contributed by atoms with Gasteiger partial charge in [0.2, 0.25) is 0 Å². The molecule has 0 saturated carbocycles. The van der Waals surface area contributed by atoms with Crippen molar-refractivity contribution >= 4 is 11.6 Å². The van der Waals surface area contributed by atoms with Crippen LogP contribution in [0.1, 0.15) is 12.0 Å². The lowest BCUT2D eigenvalue weighted by Crippen LogP contribution is -2.31. The van der Waals surface area contributed by atoms with E-state index in [1.165, 1.54) is 0 Å². The Hall–Kier alpha value is -1.39. The molecule has 1 heterocycles. The molecule has 1 amide bonds. The summed E-state index contributed by atoms with van der Waals surface area (Å²) in [6, 6.07) is 7.72. The molecule has 0 saturated heterocycles. The Balaban J connectivity index is 2.28. The lowest BCUT2D eigenvalue weighted by atomic mass is 10.1. The van der Waals surface area contributed by atoms with Crippen LogP contribution in [0.15, 0.2) is 24.3 Å². The number of fused-ring (bicyclic) bond motifs is 1. The van der Waals surface area contributed by atoms with E-state index < -0.39 is 6.10 Å². The third kappa shape index (κ3) is 1.62. The van der Waals surface area contributed by atoms with Crippen LogP contribution in [0.2, 0.25) is 0 Å². The molecule has 0 aromatic heterocycles. The van der Waals surface area contributed by atoms with Gasteiger partial charge in [-0.05, 0) is 24.5 Å². The number of rotatable bonds is 1. The maximum absolute atomic E-state index is 11.5. The molecule has 1 atom stereocenters. The van der Waals surface area contributed by atoms with Gasteiger partial charge in [0, 0.05) is 5.69 Å². The van der Waals surface area contributed by atoms with E-state index in [2.05, 4.69) is 10.2 Å². The van der Waals surface area contributed by atoms with Crippen molar-refractivity contribution in [2.24, 2.45) is 5.90 Å². The highest BCUT2D eigenvalue weighted by Crippen LogP contribution is 2.21. The summed E-state index contributed by atoms with van der Waals surface area (Å²) in [6.45, 7) is 0. The molecule has 3 N–H and O–H groups in total. The fraction of sp³-hybridized carbons (Fsp3) is 0.300. The first-order valence-corrected chi connectivity index (χ1v) is 4.55. The normalized spacial score (nSPS) is 20.9. The van der Waals surface area contributed by atoms with Gasteiger partial charge >= 0.3 is 0 Å². The summed E-state index contributed by atoms with van der Waals surface area (Å²) in [5.41, 5.74) is 1.98. The molecule has 4 heteroatoms. The molecule has 2 rings (SSSR count). The molecular formula is C10H12N2O2. The Kier molecular flexibility index (Phi) is 2.47. The van der Waals surface area contributed by atoms with Gasteiger partial charge in [-0.3, -0.25) is 9.63 Å². The predicted octanol–water partition coefficient (Wildman–Crippen LogP) is 0.830. The van der Waals surface area contributed by atoms with Crippen molar-refractivity contribution in [3.8, 4) is 0 Å². The lowest BCUT2D eigenvalue weighted by Gasteiger charge is -2.09. The molecule has 0 aliphatic carbocycles. The topological polar surface area (TPSA) is 64.3 Å².